The van der Waals surface area contributed by atoms with Gasteiger partial charge in [0.25, 0.3) is 0 Å². The van der Waals surface area contributed by atoms with E-state index in [1.165, 1.54) is 11.3 Å². The fourth-order valence-corrected chi connectivity index (χ4v) is 5.77. The van der Waals surface area contributed by atoms with Gasteiger partial charge in [0.05, 0.1) is 0 Å². The highest BCUT2D eigenvalue weighted by molar-refractivity contribution is 7.89. The van der Waals surface area contributed by atoms with E-state index in [9.17, 15) is 8.42 Å². The van der Waals surface area contributed by atoms with Crippen molar-refractivity contribution in [3.63, 3.8) is 0 Å². The first kappa shape index (κ1) is 15.9. The third-order valence-corrected chi connectivity index (χ3v) is 6.98. The van der Waals surface area contributed by atoms with Crippen LogP contribution in [0.1, 0.15) is 44.1 Å². The molecule has 0 unspecified atom stereocenters. The maximum Gasteiger partial charge on any atom is 0.244 e. The van der Waals surface area contributed by atoms with Crippen molar-refractivity contribution in [1.29, 1.82) is 0 Å². The summed E-state index contributed by atoms with van der Waals surface area (Å²) in [7, 11) is -3.35. The Balaban J connectivity index is 2.32. The molecule has 1 heterocycles. The zero-order valence-corrected chi connectivity index (χ0v) is 14.3. The van der Waals surface area contributed by atoms with Crippen molar-refractivity contribution in [2.45, 2.75) is 64.1 Å². The number of hydrogen-bond donors (Lipinski definition) is 1. The van der Waals surface area contributed by atoms with Crippen molar-refractivity contribution in [3.05, 3.63) is 15.8 Å². The first-order chi connectivity index (χ1) is 9.37. The molecule has 0 radical (unpaired) electrons. The number of nitrogens with one attached hydrogen (secondary N) is 1. The molecule has 6 heteroatoms. The Bertz CT molecular complexity index is 560. The molecule has 0 aromatic carbocycles. The Morgan fingerprint density at radius 1 is 1.45 bits per heavy atom. The standard InChI is InChI=1S/C14H24N2O2S2/c1-5-16(12-6-7-12)20(17,18)14-11(4)9-19-13(14)8-15-10(2)3/h9-10,12,15H,5-8H2,1-4H3. The fourth-order valence-electron chi connectivity index (χ4n) is 2.36. The molecule has 4 nitrogen and oxygen atoms in total. The van der Waals surface area contributed by atoms with Gasteiger partial charge in [-0.05, 0) is 30.7 Å². The summed E-state index contributed by atoms with van der Waals surface area (Å²) in [6, 6.07) is 0.564. The first-order valence-corrected chi connectivity index (χ1v) is 9.52. The van der Waals surface area contributed by atoms with E-state index >= 15 is 0 Å². The smallest absolute Gasteiger partial charge is 0.244 e. The number of rotatable bonds is 7. The second-order valence-electron chi connectivity index (χ2n) is 5.65. The molecule has 0 saturated heterocycles. The summed E-state index contributed by atoms with van der Waals surface area (Å²) in [5.74, 6) is 0. The van der Waals surface area contributed by atoms with Crippen LogP contribution in [0.5, 0.6) is 0 Å². The van der Waals surface area contributed by atoms with Crippen LogP contribution >= 0.6 is 11.3 Å². The Morgan fingerprint density at radius 2 is 2.10 bits per heavy atom. The summed E-state index contributed by atoms with van der Waals surface area (Å²) >= 11 is 1.54. The van der Waals surface area contributed by atoms with Gasteiger partial charge in [0.15, 0.2) is 0 Å². The van der Waals surface area contributed by atoms with Gasteiger partial charge in [-0.1, -0.05) is 20.8 Å². The van der Waals surface area contributed by atoms with Gasteiger partial charge in [0.2, 0.25) is 10.0 Å². The third kappa shape index (κ3) is 3.24. The van der Waals surface area contributed by atoms with Crippen LogP contribution in [0.15, 0.2) is 10.3 Å². The summed E-state index contributed by atoms with van der Waals surface area (Å²) in [5.41, 5.74) is 0.870. The van der Waals surface area contributed by atoms with Crippen molar-refractivity contribution in [3.8, 4) is 0 Å². The molecule has 1 aromatic heterocycles. The lowest BCUT2D eigenvalue weighted by molar-refractivity contribution is 0.420. The maximum atomic E-state index is 12.9. The molecule has 1 fully saturated rings. The third-order valence-electron chi connectivity index (χ3n) is 3.49. The van der Waals surface area contributed by atoms with E-state index in [0.717, 1.165) is 23.3 Å². The number of nitrogens with zero attached hydrogens (tertiary/aromatic N) is 1. The predicted octanol–water partition coefficient (Wildman–Crippen LogP) is 2.73. The normalized spacial score (nSPS) is 16.3. The van der Waals surface area contributed by atoms with E-state index in [1.807, 2.05) is 19.2 Å². The topological polar surface area (TPSA) is 49.4 Å². The predicted molar refractivity (Wildman–Crippen MR) is 83.6 cm³/mol. The summed E-state index contributed by atoms with van der Waals surface area (Å²) in [6.45, 7) is 9.12. The van der Waals surface area contributed by atoms with Crippen LogP contribution < -0.4 is 5.32 Å². The fraction of sp³-hybridized carbons (Fsp3) is 0.714. The Morgan fingerprint density at radius 3 is 2.60 bits per heavy atom. The molecule has 20 heavy (non-hydrogen) atoms. The van der Waals surface area contributed by atoms with Crippen LogP contribution in [0.2, 0.25) is 0 Å². The summed E-state index contributed by atoms with van der Waals surface area (Å²) in [6.07, 6.45) is 1.99. The molecule has 1 N–H and O–H groups in total. The molecule has 1 aromatic rings. The summed E-state index contributed by atoms with van der Waals surface area (Å²) in [4.78, 5) is 1.46. The van der Waals surface area contributed by atoms with Crippen molar-refractivity contribution in [2.75, 3.05) is 6.54 Å². The molecule has 0 amide bonds. The SMILES string of the molecule is CCN(C1CC1)S(=O)(=O)c1c(C)csc1CNC(C)C. The first-order valence-electron chi connectivity index (χ1n) is 7.20. The van der Waals surface area contributed by atoms with Crippen LogP contribution in [-0.2, 0) is 16.6 Å². The highest BCUT2D eigenvalue weighted by Crippen LogP contribution is 2.35. The number of hydrogen-bond acceptors (Lipinski definition) is 4. The van der Waals surface area contributed by atoms with Gasteiger partial charge in [-0.2, -0.15) is 4.31 Å². The number of thiophene rings is 1. The van der Waals surface area contributed by atoms with Crippen molar-refractivity contribution in [1.82, 2.24) is 9.62 Å². The lowest BCUT2D eigenvalue weighted by atomic mass is 10.3. The average molecular weight is 316 g/mol. The monoisotopic (exact) mass is 316 g/mol. The molecule has 1 aliphatic rings. The number of sulfonamides is 1. The Labute approximate surface area is 126 Å². The van der Waals surface area contributed by atoms with Crippen LogP contribution in [0.4, 0.5) is 0 Å². The summed E-state index contributed by atoms with van der Waals surface area (Å²) < 4.78 is 27.5. The number of aryl methyl sites for hydroxylation is 1. The van der Waals surface area contributed by atoms with E-state index in [4.69, 9.17) is 0 Å². The molecule has 0 aliphatic heterocycles. The lowest BCUT2D eigenvalue weighted by Crippen LogP contribution is -2.34. The van der Waals surface area contributed by atoms with E-state index in [-0.39, 0.29) is 6.04 Å². The maximum absolute atomic E-state index is 12.9. The second kappa shape index (κ2) is 6.13. The average Bonchev–Trinajstić information content (AvgIpc) is 3.10. The summed E-state index contributed by atoms with van der Waals surface area (Å²) in [5, 5.41) is 5.27. The van der Waals surface area contributed by atoms with E-state index in [1.54, 1.807) is 4.31 Å². The molecule has 1 aliphatic carbocycles. The zero-order valence-electron chi connectivity index (χ0n) is 12.6. The van der Waals surface area contributed by atoms with Gasteiger partial charge in [-0.3, -0.25) is 0 Å². The van der Waals surface area contributed by atoms with E-state index in [2.05, 4.69) is 19.2 Å². The highest BCUT2D eigenvalue weighted by Gasteiger charge is 2.38. The minimum Gasteiger partial charge on any atom is -0.310 e. The molecule has 0 bridgehead atoms. The molecule has 114 valence electrons. The van der Waals surface area contributed by atoms with Gasteiger partial charge in [-0.25, -0.2) is 8.42 Å². The van der Waals surface area contributed by atoms with Gasteiger partial charge >= 0.3 is 0 Å². The van der Waals surface area contributed by atoms with Gasteiger partial charge in [0, 0.05) is 30.1 Å². The lowest BCUT2D eigenvalue weighted by Gasteiger charge is -2.21. The molecule has 2 rings (SSSR count). The van der Waals surface area contributed by atoms with Crippen LogP contribution in [-0.4, -0.2) is 31.4 Å². The van der Waals surface area contributed by atoms with Crippen LogP contribution in [0.25, 0.3) is 0 Å². The van der Waals surface area contributed by atoms with Gasteiger partial charge < -0.3 is 5.32 Å². The molecule has 0 spiro atoms. The largest absolute Gasteiger partial charge is 0.310 e. The van der Waals surface area contributed by atoms with Gasteiger partial charge in [-0.15, -0.1) is 11.3 Å². The molecule has 1 saturated carbocycles. The minimum atomic E-state index is -3.35. The van der Waals surface area contributed by atoms with Crippen molar-refractivity contribution >= 4 is 21.4 Å². The van der Waals surface area contributed by atoms with E-state index in [0.29, 0.717) is 24.0 Å². The molecular weight excluding hydrogens is 292 g/mol. The molecular formula is C14H24N2O2S2. The van der Waals surface area contributed by atoms with Crippen LogP contribution in [0.3, 0.4) is 0 Å². The molecule has 0 atom stereocenters. The van der Waals surface area contributed by atoms with E-state index < -0.39 is 10.0 Å². The second-order valence-corrected chi connectivity index (χ2v) is 8.44. The zero-order chi connectivity index (χ0) is 14.9. The van der Waals surface area contributed by atoms with Gasteiger partial charge in [0.1, 0.15) is 4.90 Å². The van der Waals surface area contributed by atoms with Crippen LogP contribution in [0, 0.1) is 6.92 Å². The minimum absolute atomic E-state index is 0.218. The Hall–Kier alpha value is -0.430. The highest BCUT2D eigenvalue weighted by atomic mass is 32.2. The van der Waals surface area contributed by atoms with Crippen molar-refractivity contribution in [2.24, 2.45) is 0 Å². The Kier molecular flexibility index (Phi) is 4.89. The quantitative estimate of drug-likeness (QED) is 0.841. The van der Waals surface area contributed by atoms with Crippen molar-refractivity contribution < 1.29 is 8.42 Å².